The van der Waals surface area contributed by atoms with Gasteiger partial charge in [-0.05, 0) is 86.1 Å². The van der Waals surface area contributed by atoms with E-state index in [-0.39, 0.29) is 0 Å². The number of nitrogens with zero attached hydrogens (tertiary/aromatic N) is 1. The van der Waals surface area contributed by atoms with Crippen LogP contribution in [0, 0.1) is 0 Å². The standard InChI is InChI=1S/C52H35NS/c1-4-16-36(17-5-1)42-25-14-22-39-34-40(30-32-44(39)42)45-23-10-12-27-49(45)53(50-28-15-26-47-46-24-11-13-29-51(46)54-52(47)50)41-31-33-43(37-18-6-2-7-19-37)48(35-41)38-20-8-3-9-21-38/h1-35H. The Hall–Kier alpha value is -6.74. The average molecular weight is 706 g/mol. The monoisotopic (exact) mass is 705 g/mol. The summed E-state index contributed by atoms with van der Waals surface area (Å²) in [6.07, 6.45) is 0. The van der Waals surface area contributed by atoms with Gasteiger partial charge in [-0.3, -0.25) is 0 Å². The van der Waals surface area contributed by atoms with Crippen LogP contribution in [0.3, 0.4) is 0 Å². The molecule has 0 fully saturated rings. The maximum absolute atomic E-state index is 2.48. The van der Waals surface area contributed by atoms with E-state index in [0.717, 1.165) is 11.4 Å². The van der Waals surface area contributed by atoms with Crippen molar-refractivity contribution in [2.24, 2.45) is 0 Å². The molecule has 254 valence electrons. The van der Waals surface area contributed by atoms with Gasteiger partial charge in [0, 0.05) is 26.7 Å². The molecule has 10 rings (SSSR count). The van der Waals surface area contributed by atoms with Crippen molar-refractivity contribution in [1.82, 2.24) is 0 Å². The van der Waals surface area contributed by atoms with E-state index < -0.39 is 0 Å². The van der Waals surface area contributed by atoms with Gasteiger partial charge in [-0.1, -0.05) is 176 Å². The largest absolute Gasteiger partial charge is 0.308 e. The van der Waals surface area contributed by atoms with Crippen LogP contribution in [-0.4, -0.2) is 0 Å². The third-order valence-corrected chi connectivity index (χ3v) is 11.7. The van der Waals surface area contributed by atoms with Gasteiger partial charge in [0.1, 0.15) is 0 Å². The number of fused-ring (bicyclic) bond motifs is 4. The Morgan fingerprint density at radius 2 is 0.907 bits per heavy atom. The molecule has 0 aliphatic carbocycles. The maximum atomic E-state index is 2.48. The van der Waals surface area contributed by atoms with Crippen molar-refractivity contribution >= 4 is 59.3 Å². The molecule has 9 aromatic carbocycles. The summed E-state index contributed by atoms with van der Waals surface area (Å²) in [5.74, 6) is 0. The van der Waals surface area contributed by atoms with Gasteiger partial charge in [-0.2, -0.15) is 0 Å². The molecule has 0 amide bonds. The summed E-state index contributed by atoms with van der Waals surface area (Å²) in [5, 5.41) is 5.04. The van der Waals surface area contributed by atoms with Crippen molar-refractivity contribution in [3.05, 3.63) is 212 Å². The van der Waals surface area contributed by atoms with E-state index in [9.17, 15) is 0 Å². The Balaban J connectivity index is 1.22. The van der Waals surface area contributed by atoms with Crippen LogP contribution in [0.5, 0.6) is 0 Å². The van der Waals surface area contributed by atoms with Crippen molar-refractivity contribution in [2.75, 3.05) is 4.90 Å². The summed E-state index contributed by atoms with van der Waals surface area (Å²) in [6, 6.07) is 77.2. The second kappa shape index (κ2) is 13.7. The summed E-state index contributed by atoms with van der Waals surface area (Å²) < 4.78 is 2.56. The molecule has 0 radical (unpaired) electrons. The molecular weight excluding hydrogens is 671 g/mol. The van der Waals surface area contributed by atoms with Gasteiger partial charge in [0.25, 0.3) is 0 Å². The smallest absolute Gasteiger partial charge is 0.0640 e. The molecule has 0 saturated heterocycles. The second-order valence-corrected chi connectivity index (χ2v) is 14.7. The highest BCUT2D eigenvalue weighted by Gasteiger charge is 2.22. The third-order valence-electron chi connectivity index (χ3n) is 10.5. The molecule has 0 bridgehead atoms. The van der Waals surface area contributed by atoms with Gasteiger partial charge in [-0.25, -0.2) is 0 Å². The first-order valence-corrected chi connectivity index (χ1v) is 19.2. The fourth-order valence-corrected chi connectivity index (χ4v) is 9.15. The van der Waals surface area contributed by atoms with Crippen LogP contribution in [0.2, 0.25) is 0 Å². The number of para-hydroxylation sites is 1. The first-order valence-electron chi connectivity index (χ1n) is 18.4. The van der Waals surface area contributed by atoms with Crippen molar-refractivity contribution in [1.29, 1.82) is 0 Å². The summed E-state index contributed by atoms with van der Waals surface area (Å²) >= 11 is 1.87. The van der Waals surface area contributed by atoms with Crippen molar-refractivity contribution < 1.29 is 0 Å². The van der Waals surface area contributed by atoms with Crippen LogP contribution in [-0.2, 0) is 0 Å². The van der Waals surface area contributed by atoms with E-state index in [2.05, 4.69) is 217 Å². The van der Waals surface area contributed by atoms with E-state index in [1.54, 1.807) is 0 Å². The van der Waals surface area contributed by atoms with Crippen LogP contribution in [0.4, 0.5) is 17.1 Å². The van der Waals surface area contributed by atoms with Crippen LogP contribution in [0.25, 0.3) is 75.5 Å². The van der Waals surface area contributed by atoms with Crippen LogP contribution < -0.4 is 4.90 Å². The third kappa shape index (κ3) is 5.65. The Bertz CT molecular complexity index is 2930. The molecular formula is C52H35NS. The molecule has 1 aromatic heterocycles. The fourth-order valence-electron chi connectivity index (χ4n) is 7.95. The van der Waals surface area contributed by atoms with Crippen LogP contribution in [0.15, 0.2) is 212 Å². The zero-order valence-electron chi connectivity index (χ0n) is 29.6. The van der Waals surface area contributed by atoms with Crippen LogP contribution in [0.1, 0.15) is 0 Å². The highest BCUT2D eigenvalue weighted by molar-refractivity contribution is 7.26. The lowest BCUT2D eigenvalue weighted by atomic mass is 9.93. The molecule has 0 unspecified atom stereocenters. The normalized spacial score (nSPS) is 11.3. The lowest BCUT2D eigenvalue weighted by Crippen LogP contribution is -2.11. The van der Waals surface area contributed by atoms with E-state index in [4.69, 9.17) is 0 Å². The van der Waals surface area contributed by atoms with Gasteiger partial charge in [0.05, 0.1) is 16.1 Å². The van der Waals surface area contributed by atoms with E-state index in [0.29, 0.717) is 0 Å². The molecule has 2 heteroatoms. The molecule has 0 aliphatic rings. The fraction of sp³-hybridized carbons (Fsp3) is 0. The minimum atomic E-state index is 1.11. The maximum Gasteiger partial charge on any atom is 0.0640 e. The van der Waals surface area contributed by atoms with Crippen molar-refractivity contribution in [2.45, 2.75) is 0 Å². The summed E-state index contributed by atoms with van der Waals surface area (Å²) in [6.45, 7) is 0. The Morgan fingerprint density at radius 3 is 1.69 bits per heavy atom. The van der Waals surface area contributed by atoms with Gasteiger partial charge < -0.3 is 4.90 Å². The van der Waals surface area contributed by atoms with Gasteiger partial charge in [-0.15, -0.1) is 11.3 Å². The number of anilines is 3. The molecule has 0 saturated carbocycles. The molecule has 0 N–H and O–H groups in total. The summed E-state index contributed by atoms with van der Waals surface area (Å²) in [4.78, 5) is 2.48. The minimum Gasteiger partial charge on any atom is -0.308 e. The zero-order chi connectivity index (χ0) is 35.8. The predicted octanol–water partition coefficient (Wildman–Crippen LogP) is 15.3. The van der Waals surface area contributed by atoms with Crippen molar-refractivity contribution in [3.63, 3.8) is 0 Å². The molecule has 0 spiro atoms. The molecule has 1 nitrogen and oxygen atoms in total. The number of thiophene rings is 1. The highest BCUT2D eigenvalue weighted by Crippen LogP contribution is 2.49. The summed E-state index contributed by atoms with van der Waals surface area (Å²) in [7, 11) is 0. The van der Waals surface area contributed by atoms with E-state index in [1.165, 1.54) is 81.1 Å². The van der Waals surface area contributed by atoms with E-state index >= 15 is 0 Å². The quantitative estimate of drug-likeness (QED) is 0.160. The van der Waals surface area contributed by atoms with E-state index in [1.807, 2.05) is 11.3 Å². The van der Waals surface area contributed by atoms with Gasteiger partial charge in [0.15, 0.2) is 0 Å². The van der Waals surface area contributed by atoms with Crippen LogP contribution >= 0.6 is 11.3 Å². The number of benzene rings is 9. The number of hydrogen-bond donors (Lipinski definition) is 0. The first kappa shape index (κ1) is 32.0. The van der Waals surface area contributed by atoms with Gasteiger partial charge in [0.2, 0.25) is 0 Å². The Morgan fingerprint density at radius 1 is 0.315 bits per heavy atom. The summed E-state index contributed by atoms with van der Waals surface area (Å²) in [5.41, 5.74) is 13.0. The minimum absolute atomic E-state index is 1.11. The topological polar surface area (TPSA) is 3.24 Å². The molecule has 10 aromatic rings. The Labute approximate surface area is 319 Å². The second-order valence-electron chi connectivity index (χ2n) is 13.7. The molecule has 54 heavy (non-hydrogen) atoms. The zero-order valence-corrected chi connectivity index (χ0v) is 30.4. The van der Waals surface area contributed by atoms with Crippen molar-refractivity contribution in [3.8, 4) is 44.5 Å². The number of rotatable bonds is 7. The first-order chi connectivity index (χ1) is 26.8. The average Bonchev–Trinajstić information content (AvgIpc) is 3.64. The Kier molecular flexibility index (Phi) is 8.09. The molecule has 0 atom stereocenters. The highest BCUT2D eigenvalue weighted by atomic mass is 32.1. The SMILES string of the molecule is c1ccc(-c2ccc(N(c3ccccc3-c3ccc4c(-c5ccccc5)cccc4c3)c3cccc4c3sc3ccccc34)cc2-c2ccccc2)cc1. The molecule has 0 aliphatic heterocycles. The number of hydrogen-bond acceptors (Lipinski definition) is 2. The lowest BCUT2D eigenvalue weighted by Gasteiger charge is -2.29. The molecule has 1 heterocycles. The lowest BCUT2D eigenvalue weighted by molar-refractivity contribution is 1.30. The van der Waals surface area contributed by atoms with Gasteiger partial charge >= 0.3 is 0 Å². The predicted molar refractivity (Wildman–Crippen MR) is 233 cm³/mol.